The number of nitrogens with zero attached hydrogens (tertiary/aromatic N) is 1. The van der Waals surface area contributed by atoms with Crippen LogP contribution in [0, 0.1) is 5.92 Å². The molecule has 0 aliphatic heterocycles. The molecule has 0 fully saturated rings. The second-order valence-electron chi connectivity index (χ2n) is 4.44. The molecule has 0 atom stereocenters. The molecule has 0 saturated heterocycles. The highest BCUT2D eigenvalue weighted by Crippen LogP contribution is 2.13. The maximum atomic E-state index is 2.65. The van der Waals surface area contributed by atoms with E-state index in [1.807, 2.05) is 0 Å². The maximum Gasteiger partial charge on any atom is 0.00436 e. The Morgan fingerprint density at radius 2 is 1.27 bits per heavy atom. The van der Waals surface area contributed by atoms with Crippen LogP contribution in [0.15, 0.2) is 0 Å². The summed E-state index contributed by atoms with van der Waals surface area (Å²) in [5.74, 6) is 1.71. The Labute approximate surface area is 97.2 Å². The van der Waals surface area contributed by atoms with Gasteiger partial charge in [0.2, 0.25) is 0 Å². The molecule has 0 amide bonds. The van der Waals surface area contributed by atoms with Gasteiger partial charge in [-0.3, -0.25) is 0 Å². The quantitative estimate of drug-likeness (QED) is 0.522. The molecule has 1 heteroatoms. The first kappa shape index (κ1) is 15.0. The minimum atomic E-state index is 1.24. The van der Waals surface area contributed by atoms with Gasteiger partial charge >= 0.3 is 0 Å². The molecule has 0 aromatic rings. The van der Waals surface area contributed by atoms with Crippen molar-refractivity contribution in [3.63, 3.8) is 0 Å². The van der Waals surface area contributed by atoms with Crippen LogP contribution in [0.4, 0.5) is 0 Å². The molecule has 15 heavy (non-hydrogen) atoms. The molecule has 0 unspecified atom stereocenters. The van der Waals surface area contributed by atoms with Gasteiger partial charge in [0.05, 0.1) is 0 Å². The van der Waals surface area contributed by atoms with Crippen LogP contribution < -0.4 is 0 Å². The predicted molar refractivity (Wildman–Crippen MR) is 70.1 cm³/mol. The summed E-state index contributed by atoms with van der Waals surface area (Å²) in [6.45, 7) is 13.0. The van der Waals surface area contributed by atoms with Crippen molar-refractivity contribution < 1.29 is 0 Å². The molecule has 0 spiro atoms. The van der Waals surface area contributed by atoms with Gasteiger partial charge in [-0.25, -0.2) is 0 Å². The molecular weight excluding hydrogens is 182 g/mol. The lowest BCUT2D eigenvalue weighted by molar-refractivity contribution is 0.268. The molecule has 0 bridgehead atoms. The zero-order chi connectivity index (χ0) is 11.5. The summed E-state index contributed by atoms with van der Waals surface area (Å²) < 4.78 is 0. The molecule has 0 aromatic carbocycles. The van der Waals surface area contributed by atoms with Crippen molar-refractivity contribution in [3.8, 4) is 0 Å². The monoisotopic (exact) mass is 212 g/mol. The van der Waals surface area contributed by atoms with E-state index in [1.54, 1.807) is 5.92 Å². The molecule has 91 valence electrons. The summed E-state index contributed by atoms with van der Waals surface area (Å²) in [6.07, 6.45) is 7.85. The fraction of sp³-hybridized carbons (Fsp3) is 0.929. The van der Waals surface area contributed by atoms with Crippen LogP contribution in [-0.2, 0) is 0 Å². The lowest BCUT2D eigenvalue weighted by Crippen LogP contribution is -2.30. The van der Waals surface area contributed by atoms with Gasteiger partial charge in [-0.15, -0.1) is 0 Å². The van der Waals surface area contributed by atoms with Gasteiger partial charge in [0.15, 0.2) is 0 Å². The summed E-state index contributed by atoms with van der Waals surface area (Å²) in [6, 6.07) is 0. The first-order valence-electron chi connectivity index (χ1n) is 6.84. The van der Waals surface area contributed by atoms with Gasteiger partial charge in [0, 0.05) is 6.54 Å². The number of hydrogen-bond acceptors (Lipinski definition) is 1. The van der Waals surface area contributed by atoms with Gasteiger partial charge < -0.3 is 4.90 Å². The van der Waals surface area contributed by atoms with Crippen LogP contribution in [0.5, 0.6) is 0 Å². The topological polar surface area (TPSA) is 3.24 Å². The predicted octanol–water partition coefficient (Wildman–Crippen LogP) is 4.28. The van der Waals surface area contributed by atoms with Gasteiger partial charge in [-0.2, -0.15) is 0 Å². The summed E-state index contributed by atoms with van der Waals surface area (Å²) >= 11 is 0. The summed E-state index contributed by atoms with van der Waals surface area (Å²) in [5, 5.41) is 0. The third kappa shape index (κ3) is 7.84. The standard InChI is InChI=1S/C14H30N/c1-5-9-11-15(12-10-6-2)13-14(7-3)8-4/h5-13H2,1-4H3. The Hall–Kier alpha value is -0.0400. The zero-order valence-electron chi connectivity index (χ0n) is 11.3. The molecule has 0 aromatic heterocycles. The van der Waals surface area contributed by atoms with E-state index in [2.05, 4.69) is 32.6 Å². The van der Waals surface area contributed by atoms with Crippen molar-refractivity contribution in [2.45, 2.75) is 66.2 Å². The zero-order valence-corrected chi connectivity index (χ0v) is 11.3. The van der Waals surface area contributed by atoms with Crippen molar-refractivity contribution >= 4 is 0 Å². The SMILES string of the molecule is CCCCN(CCCC)C[C](CC)CC. The van der Waals surface area contributed by atoms with E-state index in [0.717, 1.165) is 0 Å². The number of hydrogen-bond donors (Lipinski definition) is 0. The summed E-state index contributed by atoms with van der Waals surface area (Å²) in [4.78, 5) is 2.65. The Balaban J connectivity index is 3.86. The number of unbranched alkanes of at least 4 members (excludes halogenated alkanes) is 2. The van der Waals surface area contributed by atoms with Crippen molar-refractivity contribution in [3.05, 3.63) is 5.92 Å². The molecule has 0 aliphatic carbocycles. The summed E-state index contributed by atoms with van der Waals surface area (Å²) in [7, 11) is 0. The lowest BCUT2D eigenvalue weighted by Gasteiger charge is -2.26. The van der Waals surface area contributed by atoms with E-state index in [1.165, 1.54) is 58.2 Å². The van der Waals surface area contributed by atoms with Crippen molar-refractivity contribution in [1.82, 2.24) is 4.90 Å². The molecule has 0 N–H and O–H groups in total. The Bertz CT molecular complexity index is 111. The minimum absolute atomic E-state index is 1.24. The Kier molecular flexibility index (Phi) is 10.4. The number of rotatable bonds is 10. The van der Waals surface area contributed by atoms with E-state index in [4.69, 9.17) is 0 Å². The van der Waals surface area contributed by atoms with Crippen LogP contribution in [-0.4, -0.2) is 24.5 Å². The van der Waals surface area contributed by atoms with Crippen LogP contribution in [0.3, 0.4) is 0 Å². The highest BCUT2D eigenvalue weighted by Gasteiger charge is 2.10. The average Bonchev–Trinajstić information content (AvgIpc) is 2.28. The van der Waals surface area contributed by atoms with Crippen molar-refractivity contribution in [1.29, 1.82) is 0 Å². The molecule has 0 aliphatic rings. The van der Waals surface area contributed by atoms with Crippen LogP contribution >= 0.6 is 0 Å². The van der Waals surface area contributed by atoms with Crippen LogP contribution in [0.2, 0.25) is 0 Å². The third-order valence-electron chi connectivity index (χ3n) is 3.10. The highest BCUT2D eigenvalue weighted by atomic mass is 15.1. The second-order valence-corrected chi connectivity index (χ2v) is 4.44. The average molecular weight is 212 g/mol. The minimum Gasteiger partial charge on any atom is -0.303 e. The van der Waals surface area contributed by atoms with E-state index >= 15 is 0 Å². The van der Waals surface area contributed by atoms with E-state index < -0.39 is 0 Å². The van der Waals surface area contributed by atoms with Crippen LogP contribution in [0.1, 0.15) is 66.2 Å². The molecular formula is C14H30N. The third-order valence-corrected chi connectivity index (χ3v) is 3.10. The fourth-order valence-corrected chi connectivity index (χ4v) is 1.82. The van der Waals surface area contributed by atoms with Crippen molar-refractivity contribution in [2.24, 2.45) is 0 Å². The lowest BCUT2D eigenvalue weighted by atomic mass is 10.0. The largest absolute Gasteiger partial charge is 0.303 e. The summed E-state index contributed by atoms with van der Waals surface area (Å²) in [5.41, 5.74) is 0. The van der Waals surface area contributed by atoms with Crippen molar-refractivity contribution in [2.75, 3.05) is 19.6 Å². The van der Waals surface area contributed by atoms with E-state index in [9.17, 15) is 0 Å². The second kappa shape index (κ2) is 10.5. The highest BCUT2D eigenvalue weighted by molar-refractivity contribution is 4.90. The van der Waals surface area contributed by atoms with Crippen LogP contribution in [0.25, 0.3) is 0 Å². The molecule has 1 nitrogen and oxygen atoms in total. The first-order valence-corrected chi connectivity index (χ1v) is 6.84. The van der Waals surface area contributed by atoms with Gasteiger partial charge in [0.1, 0.15) is 0 Å². The molecule has 0 rings (SSSR count). The normalized spacial score (nSPS) is 11.6. The Morgan fingerprint density at radius 3 is 1.60 bits per heavy atom. The van der Waals surface area contributed by atoms with Gasteiger partial charge in [-0.1, -0.05) is 40.5 Å². The molecule has 0 heterocycles. The molecule has 0 saturated carbocycles. The Morgan fingerprint density at radius 1 is 0.800 bits per heavy atom. The van der Waals surface area contributed by atoms with E-state index in [0.29, 0.717) is 0 Å². The van der Waals surface area contributed by atoms with Gasteiger partial charge in [-0.05, 0) is 44.7 Å². The molecule has 1 radical (unpaired) electrons. The van der Waals surface area contributed by atoms with E-state index in [-0.39, 0.29) is 0 Å². The maximum absolute atomic E-state index is 2.65. The first-order chi connectivity index (χ1) is 7.28. The fourth-order valence-electron chi connectivity index (χ4n) is 1.82. The van der Waals surface area contributed by atoms with Gasteiger partial charge in [0.25, 0.3) is 0 Å². The smallest absolute Gasteiger partial charge is 0.00436 e.